The first-order chi connectivity index (χ1) is 9.80. The maximum atomic E-state index is 9.33. The van der Waals surface area contributed by atoms with E-state index in [0.717, 1.165) is 22.0 Å². The van der Waals surface area contributed by atoms with E-state index >= 15 is 0 Å². The fourth-order valence-corrected chi connectivity index (χ4v) is 2.85. The molecule has 1 aromatic heterocycles. The minimum Gasteiger partial charge on any atom is -0.497 e. The van der Waals surface area contributed by atoms with Gasteiger partial charge in [-0.2, -0.15) is 5.26 Å². The number of hydrogen-bond donors (Lipinski definition) is 0. The Kier molecular flexibility index (Phi) is 3.53. The number of aromatic nitrogens is 1. The zero-order chi connectivity index (χ0) is 13.9. The molecule has 0 aliphatic heterocycles. The summed E-state index contributed by atoms with van der Waals surface area (Å²) in [5, 5.41) is 12.2. The van der Waals surface area contributed by atoms with Crippen molar-refractivity contribution in [2.24, 2.45) is 0 Å². The SMILES string of the molecule is COc1ccc(/C=C(/C#N)c2nc(C3CC3)cs2)cc1. The van der Waals surface area contributed by atoms with Crippen molar-refractivity contribution in [3.63, 3.8) is 0 Å². The molecule has 0 amide bonds. The molecule has 20 heavy (non-hydrogen) atoms. The van der Waals surface area contributed by atoms with Gasteiger partial charge in [0.2, 0.25) is 0 Å². The van der Waals surface area contributed by atoms with Crippen LogP contribution in [0, 0.1) is 11.3 Å². The van der Waals surface area contributed by atoms with Crippen molar-refractivity contribution >= 4 is 23.0 Å². The second-order valence-corrected chi connectivity index (χ2v) is 5.65. The van der Waals surface area contributed by atoms with Gasteiger partial charge in [0.1, 0.15) is 16.8 Å². The number of rotatable bonds is 4. The Labute approximate surface area is 122 Å². The lowest BCUT2D eigenvalue weighted by Gasteiger charge is -1.99. The number of ether oxygens (including phenoxy) is 1. The van der Waals surface area contributed by atoms with Crippen LogP contribution in [0.25, 0.3) is 11.6 Å². The van der Waals surface area contributed by atoms with Gasteiger partial charge in [-0.25, -0.2) is 4.98 Å². The molecule has 1 aromatic carbocycles. The van der Waals surface area contributed by atoms with Crippen molar-refractivity contribution in [2.45, 2.75) is 18.8 Å². The summed E-state index contributed by atoms with van der Waals surface area (Å²) in [5.74, 6) is 1.44. The second-order valence-electron chi connectivity index (χ2n) is 4.79. The van der Waals surface area contributed by atoms with Crippen LogP contribution in [0.15, 0.2) is 29.6 Å². The Bertz CT molecular complexity index is 675. The number of nitrogens with zero attached hydrogens (tertiary/aromatic N) is 2. The minimum absolute atomic E-state index is 0.618. The number of hydrogen-bond acceptors (Lipinski definition) is 4. The third-order valence-electron chi connectivity index (χ3n) is 3.30. The molecule has 1 fully saturated rings. The zero-order valence-electron chi connectivity index (χ0n) is 11.2. The summed E-state index contributed by atoms with van der Waals surface area (Å²) >= 11 is 1.55. The highest BCUT2D eigenvalue weighted by Gasteiger charge is 2.26. The monoisotopic (exact) mass is 282 g/mol. The molecule has 0 N–H and O–H groups in total. The maximum absolute atomic E-state index is 9.33. The van der Waals surface area contributed by atoms with E-state index in [2.05, 4.69) is 16.4 Å². The van der Waals surface area contributed by atoms with Gasteiger partial charge in [0.25, 0.3) is 0 Å². The van der Waals surface area contributed by atoms with Crippen molar-refractivity contribution in [3.05, 3.63) is 45.9 Å². The van der Waals surface area contributed by atoms with Gasteiger partial charge in [0.15, 0.2) is 0 Å². The summed E-state index contributed by atoms with van der Waals surface area (Å²) in [5.41, 5.74) is 2.73. The summed E-state index contributed by atoms with van der Waals surface area (Å²) in [6, 6.07) is 9.89. The first-order valence-corrected chi connectivity index (χ1v) is 7.40. The first-order valence-electron chi connectivity index (χ1n) is 6.52. The van der Waals surface area contributed by atoms with Crippen molar-refractivity contribution in [1.82, 2.24) is 4.98 Å². The lowest BCUT2D eigenvalue weighted by molar-refractivity contribution is 0.415. The number of methoxy groups -OCH3 is 1. The predicted octanol–water partition coefficient (Wildman–Crippen LogP) is 4.09. The van der Waals surface area contributed by atoms with Gasteiger partial charge in [0, 0.05) is 11.3 Å². The van der Waals surface area contributed by atoms with Gasteiger partial charge in [-0.15, -0.1) is 11.3 Å². The van der Waals surface area contributed by atoms with Gasteiger partial charge < -0.3 is 4.74 Å². The third kappa shape index (κ3) is 2.73. The van der Waals surface area contributed by atoms with E-state index in [9.17, 15) is 5.26 Å². The quantitative estimate of drug-likeness (QED) is 0.793. The number of allylic oxidation sites excluding steroid dienone is 1. The van der Waals surface area contributed by atoms with E-state index in [1.165, 1.54) is 12.8 Å². The molecule has 0 unspecified atom stereocenters. The predicted molar refractivity (Wildman–Crippen MR) is 80.6 cm³/mol. The molecular formula is C16H14N2OS. The highest BCUT2D eigenvalue weighted by molar-refractivity contribution is 7.11. The number of thiazole rings is 1. The minimum atomic E-state index is 0.618. The summed E-state index contributed by atoms with van der Waals surface area (Å²) in [6.07, 6.45) is 4.33. The van der Waals surface area contributed by atoms with Crippen LogP contribution in [0.3, 0.4) is 0 Å². The van der Waals surface area contributed by atoms with E-state index in [-0.39, 0.29) is 0 Å². The van der Waals surface area contributed by atoms with Crippen LogP contribution in [0.2, 0.25) is 0 Å². The van der Waals surface area contributed by atoms with E-state index in [4.69, 9.17) is 4.74 Å². The number of benzene rings is 1. The molecular weight excluding hydrogens is 268 g/mol. The zero-order valence-corrected chi connectivity index (χ0v) is 12.0. The maximum Gasteiger partial charge on any atom is 0.134 e. The van der Waals surface area contributed by atoms with Crippen LogP contribution in [-0.2, 0) is 0 Å². The Morgan fingerprint density at radius 3 is 2.75 bits per heavy atom. The summed E-state index contributed by atoms with van der Waals surface area (Å²) in [7, 11) is 1.64. The van der Waals surface area contributed by atoms with Crippen molar-refractivity contribution in [2.75, 3.05) is 7.11 Å². The highest BCUT2D eigenvalue weighted by Crippen LogP contribution is 2.40. The first kappa shape index (κ1) is 12.9. The second kappa shape index (κ2) is 5.48. The van der Waals surface area contributed by atoms with Crippen LogP contribution in [0.4, 0.5) is 0 Å². The molecule has 0 atom stereocenters. The Morgan fingerprint density at radius 2 is 2.15 bits per heavy atom. The summed E-state index contributed by atoms with van der Waals surface area (Å²) in [4.78, 5) is 4.58. The molecule has 2 aromatic rings. The Hall–Kier alpha value is -2.12. The van der Waals surface area contributed by atoms with Crippen LogP contribution in [0.1, 0.15) is 35.0 Å². The number of nitriles is 1. The highest BCUT2D eigenvalue weighted by atomic mass is 32.1. The van der Waals surface area contributed by atoms with Crippen LogP contribution >= 0.6 is 11.3 Å². The fraction of sp³-hybridized carbons (Fsp3) is 0.250. The van der Waals surface area contributed by atoms with Crippen molar-refractivity contribution < 1.29 is 4.74 Å². The largest absolute Gasteiger partial charge is 0.497 e. The van der Waals surface area contributed by atoms with Crippen LogP contribution in [0.5, 0.6) is 5.75 Å². The van der Waals surface area contributed by atoms with Gasteiger partial charge in [-0.05, 0) is 36.6 Å². The van der Waals surface area contributed by atoms with Gasteiger partial charge >= 0.3 is 0 Å². The normalized spacial score (nSPS) is 14.9. The Morgan fingerprint density at radius 1 is 1.40 bits per heavy atom. The molecule has 3 rings (SSSR count). The molecule has 3 nitrogen and oxygen atoms in total. The molecule has 100 valence electrons. The van der Waals surface area contributed by atoms with E-state index in [0.29, 0.717) is 11.5 Å². The average Bonchev–Trinajstić information content (AvgIpc) is 3.23. The van der Waals surface area contributed by atoms with Crippen LogP contribution in [-0.4, -0.2) is 12.1 Å². The van der Waals surface area contributed by atoms with Gasteiger partial charge in [-0.1, -0.05) is 12.1 Å². The standard InChI is InChI=1S/C16H14N2OS/c1-19-14-6-2-11(3-7-14)8-13(9-17)16-18-15(10-20-16)12-4-5-12/h2-3,6-8,10,12H,4-5H2,1H3/b13-8-. The summed E-state index contributed by atoms with van der Waals surface area (Å²) < 4.78 is 5.13. The molecule has 0 saturated heterocycles. The molecule has 1 aliphatic carbocycles. The lowest BCUT2D eigenvalue weighted by Crippen LogP contribution is -1.85. The smallest absolute Gasteiger partial charge is 0.134 e. The van der Waals surface area contributed by atoms with Gasteiger partial charge in [0.05, 0.1) is 18.4 Å². The van der Waals surface area contributed by atoms with E-state index in [1.54, 1.807) is 18.4 Å². The Balaban J connectivity index is 1.87. The van der Waals surface area contributed by atoms with Crippen molar-refractivity contribution in [3.8, 4) is 11.8 Å². The fourth-order valence-electron chi connectivity index (χ4n) is 1.99. The summed E-state index contributed by atoms with van der Waals surface area (Å²) in [6.45, 7) is 0. The van der Waals surface area contributed by atoms with E-state index < -0.39 is 0 Å². The molecule has 1 heterocycles. The van der Waals surface area contributed by atoms with Gasteiger partial charge in [-0.3, -0.25) is 0 Å². The molecule has 0 spiro atoms. The van der Waals surface area contributed by atoms with E-state index in [1.807, 2.05) is 30.3 Å². The molecule has 0 bridgehead atoms. The van der Waals surface area contributed by atoms with Crippen molar-refractivity contribution in [1.29, 1.82) is 5.26 Å². The molecule has 4 heteroatoms. The molecule has 1 saturated carbocycles. The lowest BCUT2D eigenvalue weighted by atomic mass is 10.1. The average molecular weight is 282 g/mol. The molecule has 1 aliphatic rings. The van der Waals surface area contributed by atoms with Crippen LogP contribution < -0.4 is 4.74 Å². The topological polar surface area (TPSA) is 45.9 Å². The molecule has 0 radical (unpaired) electrons. The third-order valence-corrected chi connectivity index (χ3v) is 4.19.